The summed E-state index contributed by atoms with van der Waals surface area (Å²) in [5.41, 5.74) is 13.0. The highest BCUT2D eigenvalue weighted by Gasteiger charge is 2.18. The molecule has 1 heteroatoms. The third-order valence-corrected chi connectivity index (χ3v) is 8.89. The minimum absolute atomic E-state index is 1.11. The van der Waals surface area contributed by atoms with E-state index in [-0.39, 0.29) is 0 Å². The van der Waals surface area contributed by atoms with E-state index in [1.54, 1.807) is 0 Å². The highest BCUT2D eigenvalue weighted by atomic mass is 15.1. The predicted octanol–water partition coefficient (Wildman–Crippen LogP) is 13.0. The van der Waals surface area contributed by atoms with Crippen LogP contribution in [-0.4, -0.2) is 0 Å². The normalized spacial score (nSPS) is 11.0. The molecule has 0 heterocycles. The van der Waals surface area contributed by atoms with Crippen molar-refractivity contribution in [1.29, 1.82) is 0 Å². The van der Waals surface area contributed by atoms with Gasteiger partial charge in [-0.15, -0.1) is 0 Å². The van der Waals surface area contributed by atoms with Crippen molar-refractivity contribution in [2.45, 2.75) is 0 Å². The molecule has 0 aliphatic heterocycles. The van der Waals surface area contributed by atoms with Gasteiger partial charge < -0.3 is 4.90 Å². The van der Waals surface area contributed by atoms with Crippen LogP contribution in [0.3, 0.4) is 0 Å². The van der Waals surface area contributed by atoms with Crippen LogP contribution >= 0.6 is 0 Å². The maximum atomic E-state index is 2.38. The monoisotopic (exact) mass is 599 g/mol. The number of benzene rings is 8. The molecule has 0 N–H and O–H groups in total. The molecule has 0 bridgehead atoms. The second-order valence-corrected chi connectivity index (χ2v) is 11.8. The molecule has 0 aliphatic rings. The zero-order valence-electron chi connectivity index (χ0n) is 26.0. The lowest BCUT2D eigenvalue weighted by Gasteiger charge is -2.28. The van der Waals surface area contributed by atoms with Gasteiger partial charge in [0.05, 0.1) is 5.69 Å². The molecule has 0 aromatic heterocycles. The molecule has 0 amide bonds. The summed E-state index contributed by atoms with van der Waals surface area (Å²) in [5.74, 6) is 0. The topological polar surface area (TPSA) is 3.24 Å². The van der Waals surface area contributed by atoms with Gasteiger partial charge in [0, 0.05) is 16.9 Å². The van der Waals surface area contributed by atoms with Gasteiger partial charge in [-0.1, -0.05) is 164 Å². The van der Waals surface area contributed by atoms with E-state index in [4.69, 9.17) is 0 Å². The van der Waals surface area contributed by atoms with Gasteiger partial charge in [0.25, 0.3) is 0 Å². The van der Waals surface area contributed by atoms with E-state index in [0.29, 0.717) is 0 Å². The van der Waals surface area contributed by atoms with E-state index in [9.17, 15) is 0 Å². The summed E-state index contributed by atoms with van der Waals surface area (Å²) in [6.45, 7) is 0. The third kappa shape index (κ3) is 5.72. The molecule has 0 spiro atoms. The summed E-state index contributed by atoms with van der Waals surface area (Å²) in [5, 5.41) is 2.48. The van der Waals surface area contributed by atoms with Crippen LogP contribution in [0.2, 0.25) is 0 Å². The van der Waals surface area contributed by atoms with Crippen molar-refractivity contribution in [2.75, 3.05) is 4.90 Å². The van der Waals surface area contributed by atoms with E-state index in [1.165, 1.54) is 55.3 Å². The number of rotatable bonds is 7. The lowest BCUT2D eigenvalue weighted by molar-refractivity contribution is 1.28. The van der Waals surface area contributed by atoms with Crippen LogP contribution in [0.1, 0.15) is 0 Å². The first-order valence-electron chi connectivity index (χ1n) is 16.1. The van der Waals surface area contributed by atoms with Crippen molar-refractivity contribution in [3.8, 4) is 44.5 Å². The standard InChI is InChI=1S/C46H33N/c1-4-13-34(14-5-1)36-25-29-41(30-26-36)47(42-31-27-37(28-32-42)35-15-6-2-7-16-35)46-22-11-10-20-44(46)40-24-23-39-19-12-21-43(45(39)33-40)38-17-8-3-9-18-38/h1-33H. The molecule has 8 aromatic rings. The fraction of sp³-hybridized carbons (Fsp3) is 0. The summed E-state index contributed by atoms with van der Waals surface area (Å²) >= 11 is 0. The Morgan fingerprint density at radius 1 is 0.277 bits per heavy atom. The van der Waals surface area contributed by atoms with Gasteiger partial charge in [-0.3, -0.25) is 0 Å². The molecule has 8 rings (SSSR count). The van der Waals surface area contributed by atoms with E-state index in [1.807, 2.05) is 0 Å². The van der Waals surface area contributed by atoms with Crippen LogP contribution in [0.15, 0.2) is 200 Å². The van der Waals surface area contributed by atoms with Gasteiger partial charge in [0.2, 0.25) is 0 Å². The van der Waals surface area contributed by atoms with Gasteiger partial charge in [-0.25, -0.2) is 0 Å². The second-order valence-electron chi connectivity index (χ2n) is 11.8. The molecular formula is C46H33N. The molecule has 0 aliphatic carbocycles. The largest absolute Gasteiger partial charge is 0.310 e. The zero-order chi connectivity index (χ0) is 31.4. The minimum Gasteiger partial charge on any atom is -0.310 e. The first-order valence-corrected chi connectivity index (χ1v) is 16.1. The number of para-hydroxylation sites is 1. The fourth-order valence-corrected chi connectivity index (χ4v) is 6.52. The van der Waals surface area contributed by atoms with Crippen LogP contribution in [0.5, 0.6) is 0 Å². The summed E-state index contributed by atoms with van der Waals surface area (Å²) < 4.78 is 0. The molecule has 0 fully saturated rings. The second kappa shape index (κ2) is 12.7. The van der Waals surface area contributed by atoms with Crippen molar-refractivity contribution in [3.05, 3.63) is 200 Å². The quantitative estimate of drug-likeness (QED) is 0.176. The lowest BCUT2D eigenvalue weighted by atomic mass is 9.94. The Bertz CT molecular complexity index is 2170. The SMILES string of the molecule is c1ccc(-c2ccc(N(c3ccc(-c4ccccc4)cc3)c3ccccc3-c3ccc4cccc(-c5ccccc5)c4c3)cc2)cc1. The lowest BCUT2D eigenvalue weighted by Crippen LogP contribution is -2.11. The summed E-state index contributed by atoms with van der Waals surface area (Å²) in [7, 11) is 0. The smallest absolute Gasteiger partial charge is 0.0540 e. The van der Waals surface area contributed by atoms with Crippen LogP contribution in [0, 0.1) is 0 Å². The number of anilines is 3. The first-order chi connectivity index (χ1) is 23.3. The molecule has 0 unspecified atom stereocenters. The van der Waals surface area contributed by atoms with E-state index >= 15 is 0 Å². The third-order valence-electron chi connectivity index (χ3n) is 8.89. The minimum atomic E-state index is 1.11. The van der Waals surface area contributed by atoms with Crippen LogP contribution in [0.25, 0.3) is 55.3 Å². The summed E-state index contributed by atoms with van der Waals surface area (Å²) in [6, 6.07) is 71.8. The van der Waals surface area contributed by atoms with Crippen molar-refractivity contribution in [3.63, 3.8) is 0 Å². The summed E-state index contributed by atoms with van der Waals surface area (Å²) in [4.78, 5) is 2.38. The van der Waals surface area contributed by atoms with Gasteiger partial charge in [0.1, 0.15) is 0 Å². The molecule has 0 atom stereocenters. The van der Waals surface area contributed by atoms with Gasteiger partial charge in [-0.2, -0.15) is 0 Å². The Morgan fingerprint density at radius 3 is 1.30 bits per heavy atom. The van der Waals surface area contributed by atoms with Crippen molar-refractivity contribution >= 4 is 27.8 Å². The van der Waals surface area contributed by atoms with Gasteiger partial charge >= 0.3 is 0 Å². The highest BCUT2D eigenvalue weighted by Crippen LogP contribution is 2.43. The Morgan fingerprint density at radius 2 is 0.723 bits per heavy atom. The Labute approximate surface area is 276 Å². The van der Waals surface area contributed by atoms with Crippen molar-refractivity contribution < 1.29 is 0 Å². The van der Waals surface area contributed by atoms with Crippen LogP contribution in [-0.2, 0) is 0 Å². The Hall–Kier alpha value is -6.18. The fourth-order valence-electron chi connectivity index (χ4n) is 6.52. The number of nitrogens with zero attached hydrogens (tertiary/aromatic N) is 1. The molecule has 47 heavy (non-hydrogen) atoms. The average molecular weight is 600 g/mol. The van der Waals surface area contributed by atoms with Crippen molar-refractivity contribution in [2.24, 2.45) is 0 Å². The highest BCUT2D eigenvalue weighted by molar-refractivity contribution is 6.00. The molecule has 8 aromatic carbocycles. The number of fused-ring (bicyclic) bond motifs is 1. The zero-order valence-corrected chi connectivity index (χ0v) is 26.0. The number of hydrogen-bond acceptors (Lipinski definition) is 1. The van der Waals surface area contributed by atoms with Crippen molar-refractivity contribution in [1.82, 2.24) is 0 Å². The predicted molar refractivity (Wildman–Crippen MR) is 200 cm³/mol. The van der Waals surface area contributed by atoms with Gasteiger partial charge in [-0.05, 0) is 86.1 Å². The molecular weight excluding hydrogens is 567 g/mol. The van der Waals surface area contributed by atoms with E-state index in [0.717, 1.165) is 17.1 Å². The molecule has 222 valence electrons. The molecule has 0 saturated carbocycles. The molecule has 0 radical (unpaired) electrons. The Balaban J connectivity index is 1.27. The Kier molecular flexibility index (Phi) is 7.63. The average Bonchev–Trinajstić information content (AvgIpc) is 3.16. The number of hydrogen-bond donors (Lipinski definition) is 0. The molecule has 0 saturated heterocycles. The van der Waals surface area contributed by atoms with Crippen LogP contribution in [0.4, 0.5) is 17.1 Å². The first kappa shape index (κ1) is 28.3. The van der Waals surface area contributed by atoms with E-state index in [2.05, 4.69) is 205 Å². The van der Waals surface area contributed by atoms with E-state index < -0.39 is 0 Å². The maximum Gasteiger partial charge on any atom is 0.0540 e. The van der Waals surface area contributed by atoms with Crippen LogP contribution < -0.4 is 4.90 Å². The summed E-state index contributed by atoms with van der Waals surface area (Å²) in [6.07, 6.45) is 0. The van der Waals surface area contributed by atoms with Gasteiger partial charge in [0.15, 0.2) is 0 Å². The maximum absolute atomic E-state index is 2.38. The molecule has 1 nitrogen and oxygen atoms in total.